The van der Waals surface area contributed by atoms with Gasteiger partial charge in [-0.15, -0.1) is 25.3 Å². The van der Waals surface area contributed by atoms with Gasteiger partial charge < -0.3 is 0 Å². The van der Waals surface area contributed by atoms with Crippen LogP contribution < -0.4 is 0 Å². The van der Waals surface area contributed by atoms with Gasteiger partial charge >= 0.3 is 0 Å². The van der Waals surface area contributed by atoms with Crippen LogP contribution in [0.5, 0.6) is 0 Å². The van der Waals surface area contributed by atoms with E-state index in [0.29, 0.717) is 36.0 Å². The molecule has 34 heavy (non-hydrogen) atoms. The van der Waals surface area contributed by atoms with Gasteiger partial charge in [0.25, 0.3) is 0 Å². The zero-order valence-corrected chi connectivity index (χ0v) is 24.3. The molecule has 2 aromatic carbocycles. The molecule has 0 unspecified atom stereocenters. The molecule has 0 amide bonds. The Morgan fingerprint density at radius 2 is 0.824 bits per heavy atom. The molecule has 10 nitrogen and oxygen atoms in total. The standard InChI is InChI=1S/C10H14O8S5.C7H8O2S2/c1-20(11,12)6-5-7(21(2,13)14)10(23(4,17)18)8(19)9(6)22(3,15)16;1-11(8,9)7-5-3-2-4-6(7)10/h5,19H,1-4H3;2-5,10H,1H3. The number of rotatable bonds is 5. The van der Waals surface area contributed by atoms with Crippen LogP contribution in [0.25, 0.3) is 0 Å². The van der Waals surface area contributed by atoms with Crippen LogP contribution in [0.1, 0.15) is 0 Å². The van der Waals surface area contributed by atoms with Gasteiger partial charge in [-0.05, 0) is 18.2 Å². The molecule has 0 bridgehead atoms. The number of benzene rings is 2. The van der Waals surface area contributed by atoms with Crippen LogP contribution in [-0.2, 0) is 49.2 Å². The van der Waals surface area contributed by atoms with Crippen molar-refractivity contribution >= 4 is 74.4 Å². The second-order valence-corrected chi connectivity index (χ2v) is 18.0. The van der Waals surface area contributed by atoms with Gasteiger partial charge in [0.05, 0.1) is 24.5 Å². The second kappa shape index (κ2) is 10.1. The maximum Gasteiger partial charge on any atom is 0.177 e. The first-order valence-electron chi connectivity index (χ1n) is 8.58. The van der Waals surface area contributed by atoms with E-state index in [1.54, 1.807) is 18.2 Å². The molecule has 0 aliphatic heterocycles. The highest BCUT2D eigenvalue weighted by Gasteiger charge is 2.33. The lowest BCUT2D eigenvalue weighted by Gasteiger charge is -2.16. The highest BCUT2D eigenvalue weighted by atomic mass is 32.2. The van der Waals surface area contributed by atoms with Gasteiger partial charge in [0.15, 0.2) is 49.2 Å². The van der Waals surface area contributed by atoms with Crippen LogP contribution in [0, 0.1) is 0 Å². The summed E-state index contributed by atoms with van der Waals surface area (Å²) in [5.41, 5.74) is 0. The minimum absolute atomic E-state index is 0.281. The summed E-state index contributed by atoms with van der Waals surface area (Å²) in [4.78, 5) is -3.31. The van der Waals surface area contributed by atoms with Gasteiger partial charge in [-0.1, -0.05) is 12.1 Å². The molecule has 0 saturated heterocycles. The molecule has 2 aromatic rings. The second-order valence-electron chi connectivity index (χ2n) is 7.21. The Labute approximate surface area is 211 Å². The SMILES string of the molecule is CS(=O)(=O)c1cc(S(C)(=O)=O)c(S(C)(=O)=O)c(S)c1S(C)(=O)=O.CS(=O)(=O)c1ccccc1S. The Balaban J connectivity index is 0.000000437. The first-order valence-corrected chi connectivity index (χ1v) is 18.9. The Bertz CT molecular complexity index is 1580. The highest BCUT2D eigenvalue weighted by molar-refractivity contribution is 7.96. The number of thiol groups is 2. The largest absolute Gasteiger partial charge is 0.224 e. The molecule has 0 heterocycles. The van der Waals surface area contributed by atoms with Crippen molar-refractivity contribution in [2.24, 2.45) is 0 Å². The first-order chi connectivity index (χ1) is 14.9. The van der Waals surface area contributed by atoms with Crippen molar-refractivity contribution in [3.05, 3.63) is 30.3 Å². The normalized spacial score (nSPS) is 13.1. The van der Waals surface area contributed by atoms with Crippen molar-refractivity contribution in [2.45, 2.75) is 34.3 Å². The molecule has 0 saturated carbocycles. The Morgan fingerprint density at radius 3 is 1.06 bits per heavy atom. The number of hydrogen-bond acceptors (Lipinski definition) is 12. The summed E-state index contributed by atoms with van der Waals surface area (Å²) < 4.78 is 117. The highest BCUT2D eigenvalue weighted by Crippen LogP contribution is 2.37. The van der Waals surface area contributed by atoms with Crippen molar-refractivity contribution < 1.29 is 42.1 Å². The summed E-state index contributed by atoms with van der Waals surface area (Å²) in [5.74, 6) is 0. The van der Waals surface area contributed by atoms with Gasteiger partial charge in [0, 0.05) is 41.1 Å². The van der Waals surface area contributed by atoms with E-state index in [4.69, 9.17) is 0 Å². The van der Waals surface area contributed by atoms with E-state index in [1.165, 1.54) is 12.3 Å². The summed E-state index contributed by atoms with van der Waals surface area (Å²) in [6.07, 6.45) is 3.86. The first kappa shape index (κ1) is 30.9. The Hall–Kier alpha value is -1.11. The molecular formula is C17H22O10S7. The Morgan fingerprint density at radius 1 is 0.500 bits per heavy atom. The van der Waals surface area contributed by atoms with Crippen LogP contribution in [0.3, 0.4) is 0 Å². The fourth-order valence-electron chi connectivity index (χ4n) is 2.62. The average Bonchev–Trinajstić information content (AvgIpc) is 2.56. The fourth-order valence-corrected chi connectivity index (χ4v) is 10.7. The Kier molecular flexibility index (Phi) is 9.18. The predicted octanol–water partition coefficient (Wildman–Crippen LogP) is 0.968. The van der Waals surface area contributed by atoms with E-state index < -0.39 is 73.7 Å². The lowest BCUT2D eigenvalue weighted by atomic mass is 10.3. The topological polar surface area (TPSA) is 171 Å². The van der Waals surface area contributed by atoms with Crippen LogP contribution in [0.15, 0.2) is 64.6 Å². The van der Waals surface area contributed by atoms with Crippen LogP contribution >= 0.6 is 25.3 Å². The third kappa shape index (κ3) is 7.69. The van der Waals surface area contributed by atoms with Gasteiger partial charge in [0.2, 0.25) is 0 Å². The maximum absolute atomic E-state index is 11.9. The molecule has 17 heteroatoms. The van der Waals surface area contributed by atoms with Crippen LogP contribution in [0.4, 0.5) is 0 Å². The van der Waals surface area contributed by atoms with Crippen molar-refractivity contribution in [1.29, 1.82) is 0 Å². The summed E-state index contributed by atoms with van der Waals surface area (Å²) in [5, 5.41) is 0. The van der Waals surface area contributed by atoms with Gasteiger partial charge in [-0.25, -0.2) is 42.1 Å². The van der Waals surface area contributed by atoms with Crippen molar-refractivity contribution in [2.75, 3.05) is 31.3 Å². The van der Waals surface area contributed by atoms with Crippen molar-refractivity contribution in [3.8, 4) is 0 Å². The van der Waals surface area contributed by atoms with Gasteiger partial charge in [-0.3, -0.25) is 0 Å². The van der Waals surface area contributed by atoms with E-state index in [1.807, 2.05) is 0 Å². The minimum Gasteiger partial charge on any atom is -0.224 e. The van der Waals surface area contributed by atoms with Crippen molar-refractivity contribution in [3.63, 3.8) is 0 Å². The zero-order chi connectivity index (χ0) is 27.1. The van der Waals surface area contributed by atoms with E-state index >= 15 is 0 Å². The van der Waals surface area contributed by atoms with E-state index in [0.717, 1.165) is 0 Å². The quantitative estimate of drug-likeness (QED) is 0.465. The van der Waals surface area contributed by atoms with Crippen LogP contribution in [-0.4, -0.2) is 73.4 Å². The molecule has 0 atom stereocenters. The molecule has 2 rings (SSSR count). The third-order valence-corrected chi connectivity index (χ3v) is 11.2. The monoisotopic (exact) mass is 610 g/mol. The maximum atomic E-state index is 11.9. The molecule has 0 aliphatic carbocycles. The molecule has 0 N–H and O–H groups in total. The number of sulfone groups is 5. The smallest absolute Gasteiger partial charge is 0.177 e. The van der Waals surface area contributed by atoms with Crippen molar-refractivity contribution in [1.82, 2.24) is 0 Å². The summed E-state index contributed by atoms with van der Waals surface area (Å²) in [7, 11) is -19.9. The third-order valence-electron chi connectivity index (χ3n) is 3.95. The summed E-state index contributed by atoms with van der Waals surface area (Å²) in [6.45, 7) is 0. The minimum atomic E-state index is -4.21. The van der Waals surface area contributed by atoms with Crippen LogP contribution in [0.2, 0.25) is 0 Å². The zero-order valence-electron chi connectivity index (χ0n) is 18.4. The van der Waals surface area contributed by atoms with Gasteiger partial charge in [-0.2, -0.15) is 0 Å². The molecule has 0 aromatic heterocycles. The number of hydrogen-bond donors (Lipinski definition) is 2. The molecule has 0 fully saturated rings. The summed E-state index contributed by atoms with van der Waals surface area (Å²) in [6, 6.07) is 7.15. The molecule has 0 radical (unpaired) electrons. The molecule has 192 valence electrons. The van der Waals surface area contributed by atoms with E-state index in [-0.39, 0.29) is 4.90 Å². The molecule has 0 aliphatic rings. The molecule has 0 spiro atoms. The molecular weight excluding hydrogens is 589 g/mol. The van der Waals surface area contributed by atoms with E-state index in [9.17, 15) is 42.1 Å². The van der Waals surface area contributed by atoms with Gasteiger partial charge in [0.1, 0.15) is 0 Å². The lowest BCUT2D eigenvalue weighted by Crippen LogP contribution is -2.16. The summed E-state index contributed by atoms with van der Waals surface area (Å²) >= 11 is 7.83. The average molecular weight is 611 g/mol. The van der Waals surface area contributed by atoms with E-state index in [2.05, 4.69) is 25.3 Å². The lowest BCUT2D eigenvalue weighted by molar-refractivity contribution is 0.573. The predicted molar refractivity (Wildman–Crippen MR) is 133 cm³/mol. The fraction of sp³-hybridized carbons (Fsp3) is 0.294.